The highest BCUT2D eigenvalue weighted by Gasteiger charge is 2.26. The molecule has 0 radical (unpaired) electrons. The zero-order chi connectivity index (χ0) is 21.2. The Morgan fingerprint density at radius 2 is 1.72 bits per heavy atom. The van der Waals surface area contributed by atoms with E-state index in [2.05, 4.69) is 10.6 Å². The summed E-state index contributed by atoms with van der Waals surface area (Å²) in [5.74, 6) is -1.36. The molecular formula is C23H30N2O4. The van der Waals surface area contributed by atoms with Gasteiger partial charge in [0.1, 0.15) is 6.04 Å². The topological polar surface area (TPSA) is 84.5 Å². The lowest BCUT2D eigenvalue weighted by Gasteiger charge is -2.21. The first-order valence-electron chi connectivity index (χ1n) is 10.1. The molecule has 156 valence electrons. The highest BCUT2D eigenvalue weighted by atomic mass is 16.5. The Kier molecular flexibility index (Phi) is 8.65. The van der Waals surface area contributed by atoms with Gasteiger partial charge in [0.2, 0.25) is 5.91 Å². The van der Waals surface area contributed by atoms with Gasteiger partial charge in [-0.25, -0.2) is 4.79 Å². The minimum absolute atomic E-state index is 0.162. The molecule has 29 heavy (non-hydrogen) atoms. The van der Waals surface area contributed by atoms with Crippen LogP contribution >= 0.6 is 0 Å². The molecule has 0 saturated carbocycles. The van der Waals surface area contributed by atoms with Crippen LogP contribution in [0.25, 0.3) is 10.8 Å². The molecule has 0 unspecified atom stereocenters. The Labute approximate surface area is 172 Å². The molecule has 0 fully saturated rings. The molecule has 0 aliphatic heterocycles. The molecule has 2 aromatic rings. The fraction of sp³-hybridized carbons (Fsp3) is 0.435. The quantitative estimate of drug-likeness (QED) is 0.476. The molecule has 0 saturated heterocycles. The van der Waals surface area contributed by atoms with Crippen LogP contribution in [0.2, 0.25) is 0 Å². The molecule has 0 aliphatic rings. The van der Waals surface area contributed by atoms with Gasteiger partial charge in [-0.2, -0.15) is 0 Å². The number of carbonyl (C=O) groups is 3. The van der Waals surface area contributed by atoms with Crippen molar-refractivity contribution >= 4 is 28.6 Å². The van der Waals surface area contributed by atoms with Crippen molar-refractivity contribution in [1.29, 1.82) is 0 Å². The number of carbonyl (C=O) groups excluding carboxylic acids is 3. The summed E-state index contributed by atoms with van der Waals surface area (Å²) in [7, 11) is 0. The average Bonchev–Trinajstić information content (AvgIpc) is 2.70. The van der Waals surface area contributed by atoms with Crippen molar-refractivity contribution in [2.75, 3.05) is 13.2 Å². The van der Waals surface area contributed by atoms with Crippen molar-refractivity contribution in [2.45, 2.75) is 46.1 Å². The average molecular weight is 399 g/mol. The Hall–Kier alpha value is -2.89. The normalized spacial score (nSPS) is 11.9. The first-order valence-corrected chi connectivity index (χ1v) is 10.1. The van der Waals surface area contributed by atoms with E-state index in [0.717, 1.165) is 29.2 Å². The van der Waals surface area contributed by atoms with Gasteiger partial charge >= 0.3 is 5.97 Å². The number of amides is 2. The zero-order valence-corrected chi connectivity index (χ0v) is 17.4. The van der Waals surface area contributed by atoms with Crippen molar-refractivity contribution in [3.05, 3.63) is 48.0 Å². The van der Waals surface area contributed by atoms with Crippen molar-refractivity contribution in [3.8, 4) is 0 Å². The molecular weight excluding hydrogens is 368 g/mol. The smallest absolute Gasteiger partial charge is 0.329 e. The van der Waals surface area contributed by atoms with Crippen LogP contribution in [0.1, 0.15) is 39.2 Å². The predicted molar refractivity (Wildman–Crippen MR) is 113 cm³/mol. The second-order valence-corrected chi connectivity index (χ2v) is 7.42. The molecule has 2 N–H and O–H groups in total. The number of benzene rings is 2. The molecule has 0 heterocycles. The van der Waals surface area contributed by atoms with E-state index in [-0.39, 0.29) is 30.8 Å². The van der Waals surface area contributed by atoms with E-state index in [4.69, 9.17) is 4.74 Å². The molecule has 2 rings (SSSR count). The second kappa shape index (κ2) is 11.2. The maximum absolute atomic E-state index is 12.6. The summed E-state index contributed by atoms with van der Waals surface area (Å²) in [6.45, 7) is 5.89. The summed E-state index contributed by atoms with van der Waals surface area (Å²) in [5.41, 5.74) is 0.895. The number of esters is 1. The lowest BCUT2D eigenvalue weighted by Crippen LogP contribution is -2.46. The number of rotatable bonds is 10. The summed E-state index contributed by atoms with van der Waals surface area (Å²) < 4.78 is 5.11. The number of unbranched alkanes of at least 4 members (excludes halogenated alkanes) is 1. The van der Waals surface area contributed by atoms with Crippen LogP contribution < -0.4 is 10.6 Å². The van der Waals surface area contributed by atoms with Gasteiger partial charge in [-0.15, -0.1) is 0 Å². The summed E-state index contributed by atoms with van der Waals surface area (Å²) >= 11 is 0. The lowest BCUT2D eigenvalue weighted by atomic mass is 10.0. The molecule has 0 aromatic heterocycles. The fourth-order valence-electron chi connectivity index (χ4n) is 3.02. The van der Waals surface area contributed by atoms with Crippen LogP contribution in [0.5, 0.6) is 0 Å². The largest absolute Gasteiger partial charge is 0.454 e. The van der Waals surface area contributed by atoms with Crippen LogP contribution in [-0.2, 0) is 25.5 Å². The van der Waals surface area contributed by atoms with Gasteiger partial charge in [-0.3, -0.25) is 9.59 Å². The number of hydrogen-bond acceptors (Lipinski definition) is 4. The third kappa shape index (κ3) is 6.89. The summed E-state index contributed by atoms with van der Waals surface area (Å²) in [6.07, 6.45) is 2.01. The van der Waals surface area contributed by atoms with Gasteiger partial charge < -0.3 is 15.4 Å². The minimum atomic E-state index is -0.805. The molecule has 1 atom stereocenters. The van der Waals surface area contributed by atoms with E-state index in [0.29, 0.717) is 6.54 Å². The van der Waals surface area contributed by atoms with Gasteiger partial charge in [0.25, 0.3) is 5.91 Å². The summed E-state index contributed by atoms with van der Waals surface area (Å²) in [5, 5.41) is 7.53. The zero-order valence-electron chi connectivity index (χ0n) is 17.4. The minimum Gasteiger partial charge on any atom is -0.454 e. The van der Waals surface area contributed by atoms with Gasteiger partial charge in [0, 0.05) is 6.54 Å². The Morgan fingerprint density at radius 1 is 1.00 bits per heavy atom. The molecule has 6 nitrogen and oxygen atoms in total. The standard InChI is InChI=1S/C23H30N2O4/c1-4-5-13-24-21(27)15-29-23(28)22(16(2)3)25-20(26)14-18-11-8-10-17-9-6-7-12-19(17)18/h6-12,16,22H,4-5,13-15H2,1-3H3,(H,24,27)(H,25,26)/t22-/m0/s1. The molecule has 6 heteroatoms. The number of hydrogen-bond donors (Lipinski definition) is 2. The third-order valence-corrected chi connectivity index (χ3v) is 4.67. The van der Waals surface area contributed by atoms with E-state index in [9.17, 15) is 14.4 Å². The van der Waals surface area contributed by atoms with Gasteiger partial charge in [0.05, 0.1) is 6.42 Å². The summed E-state index contributed by atoms with van der Waals surface area (Å²) in [4.78, 5) is 36.7. The molecule has 0 spiro atoms. The number of ether oxygens (including phenoxy) is 1. The number of nitrogens with one attached hydrogen (secondary N) is 2. The first kappa shape index (κ1) is 22.4. The van der Waals surface area contributed by atoms with Crippen LogP contribution in [0.3, 0.4) is 0 Å². The molecule has 0 aliphatic carbocycles. The van der Waals surface area contributed by atoms with Crippen molar-refractivity contribution in [1.82, 2.24) is 10.6 Å². The Morgan fingerprint density at radius 3 is 2.45 bits per heavy atom. The Bertz CT molecular complexity index is 842. The van der Waals surface area contributed by atoms with Gasteiger partial charge in [-0.05, 0) is 28.7 Å². The highest BCUT2D eigenvalue weighted by molar-refractivity contribution is 5.92. The van der Waals surface area contributed by atoms with Crippen LogP contribution in [-0.4, -0.2) is 37.0 Å². The van der Waals surface area contributed by atoms with E-state index < -0.39 is 12.0 Å². The Balaban J connectivity index is 1.94. The SMILES string of the molecule is CCCCNC(=O)COC(=O)[C@@H](NC(=O)Cc1cccc2ccccc12)C(C)C. The first-order chi connectivity index (χ1) is 13.9. The van der Waals surface area contributed by atoms with Crippen molar-refractivity contribution < 1.29 is 19.1 Å². The van der Waals surface area contributed by atoms with Crippen LogP contribution in [0.4, 0.5) is 0 Å². The molecule has 0 bridgehead atoms. The van der Waals surface area contributed by atoms with Crippen LogP contribution in [0, 0.1) is 5.92 Å². The maximum Gasteiger partial charge on any atom is 0.329 e. The summed E-state index contributed by atoms with van der Waals surface area (Å²) in [6, 6.07) is 12.9. The van der Waals surface area contributed by atoms with Crippen LogP contribution in [0.15, 0.2) is 42.5 Å². The number of fused-ring (bicyclic) bond motifs is 1. The highest BCUT2D eigenvalue weighted by Crippen LogP contribution is 2.19. The van der Waals surface area contributed by atoms with E-state index in [1.807, 2.05) is 63.2 Å². The maximum atomic E-state index is 12.6. The lowest BCUT2D eigenvalue weighted by molar-refractivity contribution is -0.152. The van der Waals surface area contributed by atoms with Gasteiger partial charge in [-0.1, -0.05) is 69.7 Å². The van der Waals surface area contributed by atoms with Crippen molar-refractivity contribution in [2.24, 2.45) is 5.92 Å². The van der Waals surface area contributed by atoms with E-state index in [1.54, 1.807) is 0 Å². The second-order valence-electron chi connectivity index (χ2n) is 7.42. The molecule has 2 amide bonds. The molecule has 2 aromatic carbocycles. The van der Waals surface area contributed by atoms with E-state index in [1.165, 1.54) is 0 Å². The van der Waals surface area contributed by atoms with Gasteiger partial charge in [0.15, 0.2) is 6.61 Å². The fourth-order valence-corrected chi connectivity index (χ4v) is 3.02. The predicted octanol–water partition coefficient (Wildman–Crippen LogP) is 2.98. The third-order valence-electron chi connectivity index (χ3n) is 4.67. The monoisotopic (exact) mass is 398 g/mol. The van der Waals surface area contributed by atoms with Crippen molar-refractivity contribution in [3.63, 3.8) is 0 Å². The van der Waals surface area contributed by atoms with E-state index >= 15 is 0 Å².